The van der Waals surface area contributed by atoms with Gasteiger partial charge in [-0.2, -0.15) is 0 Å². The van der Waals surface area contributed by atoms with Gasteiger partial charge in [0, 0.05) is 12.4 Å². The molecule has 2 N–H and O–H groups in total. The van der Waals surface area contributed by atoms with Crippen LogP contribution in [0.4, 0.5) is 5.13 Å². The van der Waals surface area contributed by atoms with Gasteiger partial charge in [0.1, 0.15) is 5.69 Å². The number of hydrogen-bond donors (Lipinski definition) is 1. The molecule has 0 aliphatic carbocycles. The largest absolute Gasteiger partial charge is 0.375 e. The molecule has 0 unspecified atom stereocenters. The predicted molar refractivity (Wildman–Crippen MR) is 93.0 cm³/mol. The molecule has 5 nitrogen and oxygen atoms in total. The first-order valence-electron chi connectivity index (χ1n) is 7.13. The maximum absolute atomic E-state index is 5.94. The van der Waals surface area contributed by atoms with E-state index in [9.17, 15) is 0 Å². The number of aryl methyl sites for hydroxylation is 1. The Balaban J connectivity index is 1.93. The van der Waals surface area contributed by atoms with Crippen molar-refractivity contribution in [3.8, 4) is 22.0 Å². The van der Waals surface area contributed by atoms with Crippen LogP contribution in [0.25, 0.3) is 33.0 Å². The fourth-order valence-corrected chi connectivity index (χ4v) is 3.28. The van der Waals surface area contributed by atoms with E-state index in [0.29, 0.717) is 5.13 Å². The number of fused-ring (bicyclic) bond motifs is 1. The molecule has 4 aromatic heterocycles. The Morgan fingerprint density at radius 3 is 2.65 bits per heavy atom. The molecule has 4 aromatic rings. The lowest BCUT2D eigenvalue weighted by atomic mass is 10.1. The topological polar surface area (TPSA) is 77.6 Å². The summed E-state index contributed by atoms with van der Waals surface area (Å²) in [6.45, 7) is 2.03. The van der Waals surface area contributed by atoms with E-state index in [1.54, 1.807) is 12.4 Å². The van der Waals surface area contributed by atoms with Gasteiger partial charge in [-0.15, -0.1) is 0 Å². The van der Waals surface area contributed by atoms with Crippen molar-refractivity contribution in [2.24, 2.45) is 0 Å². The number of nitrogens with two attached hydrogens (primary N) is 1. The number of anilines is 1. The number of hydrogen-bond acceptors (Lipinski definition) is 6. The van der Waals surface area contributed by atoms with Gasteiger partial charge in [-0.3, -0.25) is 9.97 Å². The van der Waals surface area contributed by atoms with Crippen molar-refractivity contribution in [1.29, 1.82) is 0 Å². The zero-order valence-corrected chi connectivity index (χ0v) is 13.2. The summed E-state index contributed by atoms with van der Waals surface area (Å²) in [7, 11) is 0. The Morgan fingerprint density at radius 2 is 1.83 bits per heavy atom. The minimum absolute atomic E-state index is 0.505. The van der Waals surface area contributed by atoms with Crippen molar-refractivity contribution < 1.29 is 0 Å². The summed E-state index contributed by atoms with van der Waals surface area (Å²) in [5.41, 5.74) is 11.2. The van der Waals surface area contributed by atoms with E-state index in [1.165, 1.54) is 11.3 Å². The fourth-order valence-electron chi connectivity index (χ4n) is 2.47. The zero-order valence-electron chi connectivity index (χ0n) is 12.4. The van der Waals surface area contributed by atoms with Gasteiger partial charge in [0.05, 0.1) is 27.3 Å². The van der Waals surface area contributed by atoms with Crippen LogP contribution in [-0.4, -0.2) is 19.9 Å². The van der Waals surface area contributed by atoms with E-state index < -0.39 is 0 Å². The van der Waals surface area contributed by atoms with E-state index >= 15 is 0 Å². The molecule has 0 bridgehead atoms. The monoisotopic (exact) mass is 319 g/mol. The van der Waals surface area contributed by atoms with Crippen LogP contribution in [0.5, 0.6) is 0 Å². The number of pyridine rings is 3. The molecule has 0 atom stereocenters. The first kappa shape index (κ1) is 13.8. The van der Waals surface area contributed by atoms with Crippen molar-refractivity contribution >= 4 is 27.5 Å². The van der Waals surface area contributed by atoms with Crippen LogP contribution in [0.3, 0.4) is 0 Å². The molecule has 0 aliphatic heterocycles. The van der Waals surface area contributed by atoms with Gasteiger partial charge >= 0.3 is 0 Å². The highest BCUT2D eigenvalue weighted by Crippen LogP contribution is 2.36. The Labute approximate surface area is 136 Å². The smallest absolute Gasteiger partial charge is 0.181 e. The van der Waals surface area contributed by atoms with Gasteiger partial charge in [-0.1, -0.05) is 17.4 Å². The molecule has 0 aliphatic rings. The average Bonchev–Trinajstić information content (AvgIpc) is 2.98. The predicted octanol–water partition coefficient (Wildman–Crippen LogP) is 3.71. The summed E-state index contributed by atoms with van der Waals surface area (Å²) in [5, 5.41) is 0.505. The molecule has 4 rings (SSSR count). The van der Waals surface area contributed by atoms with E-state index in [-0.39, 0.29) is 0 Å². The third-order valence-electron chi connectivity index (χ3n) is 3.57. The molecule has 112 valence electrons. The highest BCUT2D eigenvalue weighted by atomic mass is 32.1. The summed E-state index contributed by atoms with van der Waals surface area (Å²) in [4.78, 5) is 18.9. The molecule has 6 heteroatoms. The van der Waals surface area contributed by atoms with Gasteiger partial charge in [-0.05, 0) is 42.8 Å². The molecule has 0 aromatic carbocycles. The third kappa shape index (κ3) is 2.43. The minimum Gasteiger partial charge on any atom is -0.375 e. The van der Waals surface area contributed by atoms with Crippen molar-refractivity contribution in [2.75, 3.05) is 5.73 Å². The minimum atomic E-state index is 0.505. The lowest BCUT2D eigenvalue weighted by Gasteiger charge is -2.04. The average molecular weight is 319 g/mol. The standard InChI is InChI=1S/C17H13N5S/c1-10-7-9-20-12-5-6-13(21-14(10)12)16-15(22-17(18)23-16)11-4-2-3-8-19-11/h2-9H,1H3,(H2,18,22). The van der Waals surface area contributed by atoms with Gasteiger partial charge in [0.2, 0.25) is 0 Å². The molecule has 0 amide bonds. The Bertz CT molecular complexity index is 994. The summed E-state index contributed by atoms with van der Waals surface area (Å²) < 4.78 is 0. The molecule has 0 saturated carbocycles. The van der Waals surface area contributed by atoms with E-state index in [0.717, 1.165) is 38.6 Å². The van der Waals surface area contributed by atoms with Crippen molar-refractivity contribution in [3.63, 3.8) is 0 Å². The van der Waals surface area contributed by atoms with Gasteiger partial charge in [-0.25, -0.2) is 9.97 Å². The SMILES string of the molecule is Cc1ccnc2ccc(-c3sc(N)nc3-c3ccccn3)nc12. The second kappa shape index (κ2) is 5.40. The van der Waals surface area contributed by atoms with Gasteiger partial charge < -0.3 is 5.73 Å². The maximum Gasteiger partial charge on any atom is 0.181 e. The quantitative estimate of drug-likeness (QED) is 0.609. The molecule has 0 radical (unpaired) electrons. The van der Waals surface area contributed by atoms with Crippen LogP contribution in [0, 0.1) is 6.92 Å². The second-order valence-electron chi connectivity index (χ2n) is 5.14. The highest BCUT2D eigenvalue weighted by molar-refractivity contribution is 7.19. The number of rotatable bonds is 2. The number of nitrogens with zero attached hydrogens (tertiary/aromatic N) is 4. The molecule has 23 heavy (non-hydrogen) atoms. The third-order valence-corrected chi connectivity index (χ3v) is 4.48. The molecular weight excluding hydrogens is 306 g/mol. The highest BCUT2D eigenvalue weighted by Gasteiger charge is 2.16. The maximum atomic E-state index is 5.94. The lowest BCUT2D eigenvalue weighted by Crippen LogP contribution is -1.91. The Hall–Kier alpha value is -2.86. The van der Waals surface area contributed by atoms with Crippen LogP contribution >= 0.6 is 11.3 Å². The van der Waals surface area contributed by atoms with Crippen LogP contribution in [0.15, 0.2) is 48.8 Å². The van der Waals surface area contributed by atoms with Gasteiger partial charge in [0.15, 0.2) is 5.13 Å². The molecule has 0 saturated heterocycles. The zero-order chi connectivity index (χ0) is 15.8. The number of aromatic nitrogens is 4. The fraction of sp³-hybridized carbons (Fsp3) is 0.0588. The van der Waals surface area contributed by atoms with Crippen molar-refractivity contribution in [3.05, 3.63) is 54.4 Å². The first-order valence-corrected chi connectivity index (χ1v) is 7.94. The summed E-state index contributed by atoms with van der Waals surface area (Å²) in [5.74, 6) is 0. The van der Waals surface area contributed by atoms with E-state index in [4.69, 9.17) is 10.7 Å². The van der Waals surface area contributed by atoms with Crippen LogP contribution in [-0.2, 0) is 0 Å². The number of nitrogen functional groups attached to an aromatic ring is 1. The summed E-state index contributed by atoms with van der Waals surface area (Å²) in [6, 6.07) is 11.6. The molecular formula is C17H13N5S. The summed E-state index contributed by atoms with van der Waals surface area (Å²) >= 11 is 1.42. The normalized spacial score (nSPS) is 11.0. The molecule has 0 spiro atoms. The molecule has 0 fully saturated rings. The summed E-state index contributed by atoms with van der Waals surface area (Å²) in [6.07, 6.45) is 3.54. The van der Waals surface area contributed by atoms with Crippen molar-refractivity contribution in [2.45, 2.75) is 6.92 Å². The second-order valence-corrected chi connectivity index (χ2v) is 6.17. The first-order chi connectivity index (χ1) is 11.2. The van der Waals surface area contributed by atoms with E-state index in [1.807, 2.05) is 43.3 Å². The lowest BCUT2D eigenvalue weighted by molar-refractivity contribution is 1.27. The Morgan fingerprint density at radius 1 is 0.913 bits per heavy atom. The Kier molecular flexibility index (Phi) is 3.24. The van der Waals surface area contributed by atoms with E-state index in [2.05, 4.69) is 15.0 Å². The van der Waals surface area contributed by atoms with Crippen LogP contribution in [0.2, 0.25) is 0 Å². The van der Waals surface area contributed by atoms with Crippen LogP contribution in [0.1, 0.15) is 5.56 Å². The molecule has 4 heterocycles. The van der Waals surface area contributed by atoms with Gasteiger partial charge in [0.25, 0.3) is 0 Å². The number of thiazole rings is 1. The van der Waals surface area contributed by atoms with Crippen molar-refractivity contribution in [1.82, 2.24) is 19.9 Å². The van der Waals surface area contributed by atoms with Crippen LogP contribution < -0.4 is 5.73 Å².